The molecule has 0 aromatic rings. The van der Waals surface area contributed by atoms with Gasteiger partial charge in [0.1, 0.15) is 31.0 Å². The lowest BCUT2D eigenvalue weighted by Gasteiger charge is -2.69. The van der Waals surface area contributed by atoms with E-state index in [1.54, 1.807) is 0 Å². The van der Waals surface area contributed by atoms with E-state index in [1.165, 1.54) is 12.5 Å². The molecular weight excluding hydrogens is 664 g/mol. The second-order valence-electron chi connectivity index (χ2n) is 18.4. The van der Waals surface area contributed by atoms with Crippen molar-refractivity contribution in [2.24, 2.45) is 50.7 Å². The number of rotatable bonds is 7. The molecule has 6 aliphatic rings. The minimum atomic E-state index is -1.79. The molecule has 1 aliphatic heterocycles. The maximum Gasteiger partial charge on any atom is 0.335 e. The van der Waals surface area contributed by atoms with E-state index in [0.717, 1.165) is 25.7 Å². The normalized spacial score (nSPS) is 51.9. The van der Waals surface area contributed by atoms with Gasteiger partial charge in [0.15, 0.2) is 6.10 Å². The molecule has 5 aliphatic carbocycles. The van der Waals surface area contributed by atoms with Gasteiger partial charge in [0.25, 0.3) is 0 Å². The Morgan fingerprint density at radius 3 is 2.18 bits per heavy atom. The molecule has 0 aromatic heterocycles. The van der Waals surface area contributed by atoms with E-state index in [0.29, 0.717) is 19.3 Å². The zero-order chi connectivity index (χ0) is 37.6. The molecule has 6 rings (SSSR count). The zero-order valence-electron chi connectivity index (χ0n) is 30.8. The number of esters is 1. The molecule has 51 heavy (non-hydrogen) atoms. The van der Waals surface area contributed by atoms with E-state index in [4.69, 9.17) is 14.2 Å². The summed E-state index contributed by atoms with van der Waals surface area (Å²) >= 11 is 0. The molecule has 13 heteroatoms. The molecule has 0 bridgehead atoms. The summed E-state index contributed by atoms with van der Waals surface area (Å²) in [6.07, 6.45) is -4.90. The Hall–Kier alpha value is -1.68. The number of carboxylic acids is 1. The first-order valence-corrected chi connectivity index (χ1v) is 18.7. The third-order valence-corrected chi connectivity index (χ3v) is 15.4. The van der Waals surface area contributed by atoms with Crippen LogP contribution in [0.5, 0.6) is 0 Å². The molecule has 13 nitrogen and oxygen atoms in total. The molecule has 1 saturated heterocycles. The van der Waals surface area contributed by atoms with Crippen LogP contribution in [-0.4, -0.2) is 128 Å². The van der Waals surface area contributed by atoms with Gasteiger partial charge in [-0.25, -0.2) is 4.79 Å². The van der Waals surface area contributed by atoms with E-state index in [1.807, 2.05) is 20.8 Å². The SMILES string of the molecule is CC(=O)OCC12C(O)CC3C(=CCC4C3(C)CCC3C(C)(CO)C(OCC5OC(C(=O)O)C(O)C(O)C5O)CCC34C)C1CC(C)(C)C(O)C2O. The number of ether oxygens (including phenoxy) is 3. The van der Waals surface area contributed by atoms with Crippen LogP contribution < -0.4 is 0 Å². The molecule has 8 N–H and O–H groups in total. The van der Waals surface area contributed by atoms with Crippen LogP contribution in [0.15, 0.2) is 11.6 Å². The highest BCUT2D eigenvalue weighted by atomic mass is 16.6. The lowest BCUT2D eigenvalue weighted by Crippen LogP contribution is -2.69. The van der Waals surface area contributed by atoms with Gasteiger partial charge >= 0.3 is 11.9 Å². The number of hydrogen-bond donors (Lipinski definition) is 8. The molecule has 17 atom stereocenters. The summed E-state index contributed by atoms with van der Waals surface area (Å²) in [5.41, 5.74) is -1.83. The Kier molecular flexibility index (Phi) is 10.1. The third kappa shape index (κ3) is 5.75. The summed E-state index contributed by atoms with van der Waals surface area (Å²) in [4.78, 5) is 23.7. The highest BCUT2D eigenvalue weighted by molar-refractivity contribution is 5.73. The van der Waals surface area contributed by atoms with Crippen molar-refractivity contribution in [2.45, 2.75) is 141 Å². The first-order valence-electron chi connectivity index (χ1n) is 18.7. The molecule has 0 radical (unpaired) electrons. The summed E-state index contributed by atoms with van der Waals surface area (Å²) in [5, 5.41) is 86.5. The van der Waals surface area contributed by atoms with Gasteiger partial charge in [0.05, 0.1) is 43.0 Å². The maximum absolute atomic E-state index is 12.1. The lowest BCUT2D eigenvalue weighted by molar-refractivity contribution is -0.257. The van der Waals surface area contributed by atoms with E-state index < -0.39 is 83.1 Å². The molecule has 290 valence electrons. The van der Waals surface area contributed by atoms with Gasteiger partial charge in [-0.1, -0.05) is 46.3 Å². The van der Waals surface area contributed by atoms with Crippen molar-refractivity contribution in [3.63, 3.8) is 0 Å². The number of carbonyl (C=O) groups is 2. The number of carbonyl (C=O) groups excluding carboxylic acids is 1. The van der Waals surface area contributed by atoms with Crippen molar-refractivity contribution < 1.29 is 64.7 Å². The predicted octanol–water partition coefficient (Wildman–Crippen LogP) is 1.17. The van der Waals surface area contributed by atoms with Crippen LogP contribution >= 0.6 is 0 Å². The van der Waals surface area contributed by atoms with Crippen LogP contribution in [0.2, 0.25) is 0 Å². The third-order valence-electron chi connectivity index (χ3n) is 15.4. The number of aliphatic hydroxyl groups is 7. The standard InChI is InChI=1S/C38H60O13/c1-18(40)50-17-38-21(14-34(2,3)31(45)32(38)46)19-7-8-23-35(4,20(19)13-25(38)41)11-9-24-36(23,5)12-10-26(37(24,6)16-39)49-15-22-27(42)28(43)29(44)30(51-22)33(47)48/h7,20-32,39,41-46H,8-17H2,1-6H3,(H,47,48). The van der Waals surface area contributed by atoms with Crippen LogP contribution in [0.3, 0.4) is 0 Å². The Morgan fingerprint density at radius 1 is 0.882 bits per heavy atom. The van der Waals surface area contributed by atoms with Crippen molar-refractivity contribution in [2.75, 3.05) is 19.8 Å². The van der Waals surface area contributed by atoms with Crippen LogP contribution in [0.25, 0.3) is 0 Å². The van der Waals surface area contributed by atoms with Gasteiger partial charge in [0, 0.05) is 12.3 Å². The number of carboxylic acid groups (broad SMARTS) is 1. The molecule has 1 heterocycles. The summed E-state index contributed by atoms with van der Waals surface area (Å²) in [6.45, 7) is 11.3. The second-order valence-corrected chi connectivity index (χ2v) is 18.4. The van der Waals surface area contributed by atoms with E-state index in [-0.39, 0.29) is 54.3 Å². The van der Waals surface area contributed by atoms with Gasteiger partial charge in [-0.15, -0.1) is 0 Å². The monoisotopic (exact) mass is 724 g/mol. The van der Waals surface area contributed by atoms with Crippen molar-refractivity contribution in [1.82, 2.24) is 0 Å². The highest BCUT2D eigenvalue weighted by Crippen LogP contribution is 2.72. The predicted molar refractivity (Wildman–Crippen MR) is 181 cm³/mol. The minimum absolute atomic E-state index is 0.000902. The summed E-state index contributed by atoms with van der Waals surface area (Å²) in [5.74, 6) is -2.02. The van der Waals surface area contributed by atoms with Gasteiger partial charge in [0.2, 0.25) is 0 Å². The van der Waals surface area contributed by atoms with Crippen molar-refractivity contribution in [3.05, 3.63) is 11.6 Å². The van der Waals surface area contributed by atoms with Crippen LogP contribution in [0.4, 0.5) is 0 Å². The van der Waals surface area contributed by atoms with Gasteiger partial charge in [-0.05, 0) is 84.9 Å². The number of allylic oxidation sites excluding steroid dienone is 2. The molecular formula is C38H60O13. The van der Waals surface area contributed by atoms with Gasteiger partial charge in [-0.3, -0.25) is 4.79 Å². The van der Waals surface area contributed by atoms with Gasteiger partial charge in [-0.2, -0.15) is 0 Å². The molecule has 17 unspecified atom stereocenters. The smallest absolute Gasteiger partial charge is 0.335 e. The van der Waals surface area contributed by atoms with Crippen LogP contribution in [0, 0.1) is 50.7 Å². The maximum atomic E-state index is 12.1. The highest BCUT2D eigenvalue weighted by Gasteiger charge is 2.70. The van der Waals surface area contributed by atoms with Crippen molar-refractivity contribution >= 4 is 11.9 Å². The lowest BCUT2D eigenvalue weighted by atomic mass is 9.36. The van der Waals surface area contributed by atoms with E-state index >= 15 is 0 Å². The second kappa shape index (κ2) is 13.3. The summed E-state index contributed by atoms with van der Waals surface area (Å²) < 4.78 is 17.4. The summed E-state index contributed by atoms with van der Waals surface area (Å²) in [6, 6.07) is 0. The number of hydrogen-bond acceptors (Lipinski definition) is 12. The van der Waals surface area contributed by atoms with Crippen LogP contribution in [0.1, 0.15) is 86.5 Å². The Labute approximate surface area is 300 Å². The van der Waals surface area contributed by atoms with Gasteiger partial charge < -0.3 is 55.1 Å². The minimum Gasteiger partial charge on any atom is -0.479 e. The number of aliphatic hydroxyl groups excluding tert-OH is 7. The quantitative estimate of drug-likeness (QED) is 0.137. The largest absolute Gasteiger partial charge is 0.479 e. The van der Waals surface area contributed by atoms with Crippen molar-refractivity contribution in [3.8, 4) is 0 Å². The van der Waals surface area contributed by atoms with Crippen molar-refractivity contribution in [1.29, 1.82) is 0 Å². The first kappa shape index (κ1) is 39.0. The summed E-state index contributed by atoms with van der Waals surface area (Å²) in [7, 11) is 0. The molecule has 0 aromatic carbocycles. The Balaban J connectivity index is 1.27. The number of aliphatic carboxylic acids is 1. The number of fused-ring (bicyclic) bond motifs is 7. The first-order chi connectivity index (χ1) is 23.7. The van der Waals surface area contributed by atoms with E-state index in [2.05, 4.69) is 19.9 Å². The fourth-order valence-electron chi connectivity index (χ4n) is 12.5. The fraction of sp³-hybridized carbons (Fsp3) is 0.895. The molecule has 4 saturated carbocycles. The van der Waals surface area contributed by atoms with Crippen LogP contribution in [-0.2, 0) is 23.8 Å². The Morgan fingerprint density at radius 2 is 1.55 bits per heavy atom. The average molecular weight is 725 g/mol. The molecule has 5 fully saturated rings. The Bertz CT molecular complexity index is 1380. The fourth-order valence-corrected chi connectivity index (χ4v) is 12.5. The molecule has 0 spiro atoms. The molecule has 0 amide bonds. The zero-order valence-corrected chi connectivity index (χ0v) is 30.8. The average Bonchev–Trinajstić information content (AvgIpc) is 3.06. The van der Waals surface area contributed by atoms with E-state index in [9.17, 15) is 50.4 Å². The topological polar surface area (TPSA) is 224 Å².